The van der Waals surface area contributed by atoms with Crippen molar-refractivity contribution < 1.29 is 14.3 Å². The molecule has 1 heterocycles. The van der Waals surface area contributed by atoms with Crippen LogP contribution >= 0.6 is 23.3 Å². The summed E-state index contributed by atoms with van der Waals surface area (Å²) in [6.07, 6.45) is 0.532. The first-order chi connectivity index (χ1) is 10.7. The maximum Gasteiger partial charge on any atom is 0.336 e. The van der Waals surface area contributed by atoms with Crippen LogP contribution in [0, 0.1) is 0 Å². The lowest BCUT2D eigenvalue weighted by atomic mass is 10.2. The molecule has 0 aliphatic carbocycles. The first-order valence-corrected chi connectivity index (χ1v) is 8.18. The van der Waals surface area contributed by atoms with Gasteiger partial charge >= 0.3 is 5.97 Å². The highest BCUT2D eigenvalue weighted by atomic mass is 32.2. The van der Waals surface area contributed by atoms with Crippen molar-refractivity contribution in [3.63, 3.8) is 0 Å². The Morgan fingerprint density at radius 2 is 2.18 bits per heavy atom. The SMILES string of the molecule is COC(=O)C(C=O)N(C)c1nc(SCc2ccccc2)ns1. The predicted molar refractivity (Wildman–Crippen MR) is 86.2 cm³/mol. The third-order valence-corrected chi connectivity index (χ3v) is 4.74. The van der Waals surface area contributed by atoms with E-state index in [1.54, 1.807) is 7.05 Å². The lowest BCUT2D eigenvalue weighted by Crippen LogP contribution is -2.40. The molecule has 0 aliphatic rings. The van der Waals surface area contributed by atoms with E-state index in [1.807, 2.05) is 30.3 Å². The second-order valence-electron chi connectivity index (χ2n) is 4.35. The van der Waals surface area contributed by atoms with E-state index in [4.69, 9.17) is 0 Å². The van der Waals surface area contributed by atoms with E-state index in [0.717, 1.165) is 17.3 Å². The molecule has 8 heteroatoms. The van der Waals surface area contributed by atoms with Crippen LogP contribution in [0.5, 0.6) is 0 Å². The van der Waals surface area contributed by atoms with E-state index >= 15 is 0 Å². The molecule has 2 rings (SSSR count). The van der Waals surface area contributed by atoms with Crippen LogP contribution in [-0.2, 0) is 20.1 Å². The fourth-order valence-electron chi connectivity index (χ4n) is 1.67. The van der Waals surface area contributed by atoms with Crippen LogP contribution in [0.4, 0.5) is 5.13 Å². The van der Waals surface area contributed by atoms with Crippen LogP contribution in [0.15, 0.2) is 35.5 Å². The first kappa shape index (κ1) is 16.4. The molecule has 0 saturated carbocycles. The van der Waals surface area contributed by atoms with Crippen molar-refractivity contribution in [2.75, 3.05) is 19.1 Å². The zero-order valence-electron chi connectivity index (χ0n) is 12.1. The fraction of sp³-hybridized carbons (Fsp3) is 0.286. The van der Waals surface area contributed by atoms with Crippen molar-refractivity contribution in [3.8, 4) is 0 Å². The molecule has 1 aromatic heterocycles. The van der Waals surface area contributed by atoms with Crippen LogP contribution in [0.2, 0.25) is 0 Å². The average Bonchev–Trinajstić information content (AvgIpc) is 3.03. The number of carbonyl (C=O) groups excluding carboxylic acids is 2. The van der Waals surface area contributed by atoms with Gasteiger partial charge in [0.1, 0.15) is 0 Å². The second kappa shape index (κ2) is 7.90. The third-order valence-electron chi connectivity index (χ3n) is 2.90. The smallest absolute Gasteiger partial charge is 0.336 e. The molecule has 1 atom stereocenters. The number of hydrogen-bond acceptors (Lipinski definition) is 8. The molecule has 1 unspecified atom stereocenters. The fourth-order valence-corrected chi connectivity index (χ4v) is 3.26. The number of methoxy groups -OCH3 is 1. The van der Waals surface area contributed by atoms with E-state index in [-0.39, 0.29) is 0 Å². The summed E-state index contributed by atoms with van der Waals surface area (Å²) in [5, 5.41) is 1.11. The minimum absolute atomic E-state index is 0.498. The molecule has 0 fully saturated rings. The Morgan fingerprint density at radius 1 is 1.45 bits per heavy atom. The minimum atomic E-state index is -1.01. The van der Waals surface area contributed by atoms with Gasteiger partial charge in [0.25, 0.3) is 0 Å². The number of rotatable bonds is 7. The Hall–Kier alpha value is -1.93. The summed E-state index contributed by atoms with van der Waals surface area (Å²) in [6, 6.07) is 8.99. The topological polar surface area (TPSA) is 72.4 Å². The van der Waals surface area contributed by atoms with E-state index in [1.165, 1.54) is 29.3 Å². The van der Waals surface area contributed by atoms with Crippen molar-refractivity contribution in [3.05, 3.63) is 35.9 Å². The zero-order chi connectivity index (χ0) is 15.9. The Balaban J connectivity index is 2.01. The molecule has 0 radical (unpaired) electrons. The summed E-state index contributed by atoms with van der Waals surface area (Å²) in [5.74, 6) is 0.139. The average molecular weight is 337 g/mol. The van der Waals surface area contributed by atoms with Crippen LogP contribution in [0.1, 0.15) is 5.56 Å². The maximum absolute atomic E-state index is 11.5. The molecular formula is C14H15N3O3S2. The molecule has 116 valence electrons. The van der Waals surface area contributed by atoms with Gasteiger partial charge in [0, 0.05) is 24.3 Å². The minimum Gasteiger partial charge on any atom is -0.467 e. The zero-order valence-corrected chi connectivity index (χ0v) is 13.8. The van der Waals surface area contributed by atoms with E-state index < -0.39 is 12.0 Å². The molecule has 0 aliphatic heterocycles. The number of thioether (sulfide) groups is 1. The number of carbonyl (C=O) groups is 2. The number of anilines is 1. The van der Waals surface area contributed by atoms with Gasteiger partial charge in [-0.15, -0.1) is 0 Å². The Morgan fingerprint density at radius 3 is 2.82 bits per heavy atom. The Labute approximate surface area is 136 Å². The number of esters is 1. The molecule has 0 amide bonds. The largest absolute Gasteiger partial charge is 0.467 e. The summed E-state index contributed by atoms with van der Waals surface area (Å²) >= 11 is 2.64. The van der Waals surface area contributed by atoms with Gasteiger partial charge in [0.15, 0.2) is 12.3 Å². The molecule has 22 heavy (non-hydrogen) atoms. The predicted octanol–water partition coefficient (Wildman–Crippen LogP) is 2.01. The Kier molecular flexibility index (Phi) is 5.91. The van der Waals surface area contributed by atoms with E-state index in [9.17, 15) is 9.59 Å². The van der Waals surface area contributed by atoms with Crippen molar-refractivity contribution >= 4 is 40.7 Å². The lowest BCUT2D eigenvalue weighted by molar-refractivity contribution is -0.143. The molecule has 0 N–H and O–H groups in total. The van der Waals surface area contributed by atoms with Crippen molar-refractivity contribution in [1.82, 2.24) is 9.36 Å². The van der Waals surface area contributed by atoms with Gasteiger partial charge in [0.05, 0.1) is 7.11 Å². The molecule has 0 saturated heterocycles. The number of benzene rings is 1. The highest BCUT2D eigenvalue weighted by Crippen LogP contribution is 2.26. The molecule has 2 aromatic rings. The summed E-state index contributed by atoms with van der Waals surface area (Å²) < 4.78 is 8.84. The number of aromatic nitrogens is 2. The number of nitrogens with zero attached hydrogens (tertiary/aromatic N) is 3. The van der Waals surface area contributed by atoms with Gasteiger partial charge in [-0.3, -0.25) is 0 Å². The Bertz CT molecular complexity index is 633. The van der Waals surface area contributed by atoms with Gasteiger partial charge in [-0.2, -0.15) is 9.36 Å². The van der Waals surface area contributed by atoms with Crippen LogP contribution < -0.4 is 4.90 Å². The standard InChI is InChI=1S/C14H15N3O3S2/c1-17(11(8-18)12(19)20-2)14-15-13(16-22-14)21-9-10-6-4-3-5-7-10/h3-8,11H,9H2,1-2H3. The van der Waals surface area contributed by atoms with Crippen LogP contribution in [0.3, 0.4) is 0 Å². The first-order valence-electron chi connectivity index (χ1n) is 6.42. The van der Waals surface area contributed by atoms with Crippen LogP contribution in [0.25, 0.3) is 0 Å². The van der Waals surface area contributed by atoms with Gasteiger partial charge in [-0.05, 0) is 5.56 Å². The number of ether oxygens (including phenoxy) is 1. The van der Waals surface area contributed by atoms with Gasteiger partial charge in [-0.1, -0.05) is 42.1 Å². The summed E-state index contributed by atoms with van der Waals surface area (Å²) in [7, 11) is 2.86. The molecule has 0 spiro atoms. The lowest BCUT2D eigenvalue weighted by Gasteiger charge is -2.19. The van der Waals surface area contributed by atoms with Crippen molar-refractivity contribution in [2.45, 2.75) is 17.0 Å². The van der Waals surface area contributed by atoms with E-state index in [2.05, 4.69) is 14.1 Å². The monoisotopic (exact) mass is 337 g/mol. The van der Waals surface area contributed by atoms with E-state index in [0.29, 0.717) is 16.6 Å². The molecule has 1 aromatic carbocycles. The van der Waals surface area contributed by atoms with Crippen molar-refractivity contribution in [2.24, 2.45) is 0 Å². The summed E-state index contributed by atoms with van der Waals surface area (Å²) in [4.78, 5) is 28.4. The highest BCUT2D eigenvalue weighted by Gasteiger charge is 2.26. The third kappa shape index (κ3) is 4.05. The quantitative estimate of drug-likeness (QED) is 0.331. The van der Waals surface area contributed by atoms with Gasteiger partial charge < -0.3 is 14.4 Å². The second-order valence-corrected chi connectivity index (χ2v) is 6.02. The molecule has 6 nitrogen and oxygen atoms in total. The molecular weight excluding hydrogens is 322 g/mol. The van der Waals surface area contributed by atoms with Crippen molar-refractivity contribution in [1.29, 1.82) is 0 Å². The number of likely N-dealkylation sites (N-methyl/N-ethyl adjacent to an activating group) is 1. The normalized spacial score (nSPS) is 11.7. The number of hydrogen-bond donors (Lipinski definition) is 0. The summed E-state index contributed by atoms with van der Waals surface area (Å²) in [5.41, 5.74) is 1.18. The van der Waals surface area contributed by atoms with Crippen LogP contribution in [-0.4, -0.2) is 41.8 Å². The highest BCUT2D eigenvalue weighted by molar-refractivity contribution is 7.98. The molecule has 0 bridgehead atoms. The number of aldehydes is 1. The van der Waals surface area contributed by atoms with Gasteiger partial charge in [-0.25, -0.2) is 4.79 Å². The summed E-state index contributed by atoms with van der Waals surface area (Å²) in [6.45, 7) is 0. The maximum atomic E-state index is 11.5. The van der Waals surface area contributed by atoms with Gasteiger partial charge in [0.2, 0.25) is 10.3 Å².